The van der Waals surface area contributed by atoms with Crippen molar-refractivity contribution in [2.75, 3.05) is 5.75 Å². The highest BCUT2D eigenvalue weighted by atomic mass is 32.2. The normalized spacial score (nSPS) is 25.1. The first-order valence-corrected chi connectivity index (χ1v) is 7.96. The van der Waals surface area contributed by atoms with Crippen LogP contribution in [0.25, 0.3) is 0 Å². The van der Waals surface area contributed by atoms with Crippen LogP contribution < -0.4 is 5.32 Å². The molecule has 0 amide bonds. The van der Waals surface area contributed by atoms with E-state index in [9.17, 15) is 0 Å². The lowest BCUT2D eigenvalue weighted by atomic mass is 10.2. The third-order valence-electron chi connectivity index (χ3n) is 3.00. The minimum absolute atomic E-state index is 0.716. The van der Waals surface area contributed by atoms with Gasteiger partial charge in [-0.1, -0.05) is 6.92 Å². The lowest BCUT2D eigenvalue weighted by molar-refractivity contribution is 0.524. The molecular formula is C12H20N2S2. The predicted octanol–water partition coefficient (Wildman–Crippen LogP) is 3.22. The van der Waals surface area contributed by atoms with Gasteiger partial charge in [-0.15, -0.1) is 11.3 Å². The van der Waals surface area contributed by atoms with E-state index in [1.807, 2.05) is 0 Å². The molecule has 1 aromatic heterocycles. The van der Waals surface area contributed by atoms with Crippen LogP contribution >= 0.6 is 23.1 Å². The van der Waals surface area contributed by atoms with Crippen LogP contribution in [0.2, 0.25) is 0 Å². The molecule has 1 heterocycles. The van der Waals surface area contributed by atoms with E-state index in [1.54, 1.807) is 11.3 Å². The van der Waals surface area contributed by atoms with Gasteiger partial charge >= 0.3 is 0 Å². The van der Waals surface area contributed by atoms with E-state index in [0.717, 1.165) is 17.5 Å². The summed E-state index contributed by atoms with van der Waals surface area (Å²) in [4.78, 5) is 4.48. The van der Waals surface area contributed by atoms with Crippen molar-refractivity contribution in [3.05, 3.63) is 16.1 Å². The summed E-state index contributed by atoms with van der Waals surface area (Å²) in [6.07, 6.45) is 4.05. The monoisotopic (exact) mass is 256 g/mol. The fraction of sp³-hybridized carbons (Fsp3) is 0.750. The van der Waals surface area contributed by atoms with Crippen molar-refractivity contribution in [2.24, 2.45) is 0 Å². The maximum absolute atomic E-state index is 4.48. The SMILES string of the molecule is CCSC1CCC(NCc2nc(C)cs2)C1. The van der Waals surface area contributed by atoms with Gasteiger partial charge in [0.25, 0.3) is 0 Å². The van der Waals surface area contributed by atoms with Gasteiger partial charge in [0.05, 0.1) is 0 Å². The van der Waals surface area contributed by atoms with E-state index in [2.05, 4.69) is 41.3 Å². The van der Waals surface area contributed by atoms with Crippen molar-refractivity contribution in [3.63, 3.8) is 0 Å². The molecule has 1 aromatic rings. The van der Waals surface area contributed by atoms with Crippen molar-refractivity contribution < 1.29 is 0 Å². The van der Waals surface area contributed by atoms with Crippen LogP contribution in [-0.2, 0) is 6.54 Å². The first kappa shape index (κ1) is 12.4. The van der Waals surface area contributed by atoms with E-state index < -0.39 is 0 Å². The Hall–Kier alpha value is -0.0600. The molecule has 0 saturated heterocycles. The van der Waals surface area contributed by atoms with Crippen molar-refractivity contribution in [1.82, 2.24) is 10.3 Å². The van der Waals surface area contributed by atoms with Gasteiger partial charge in [-0.2, -0.15) is 11.8 Å². The van der Waals surface area contributed by atoms with Gasteiger partial charge in [0, 0.05) is 28.9 Å². The van der Waals surface area contributed by atoms with Crippen LogP contribution in [0, 0.1) is 6.92 Å². The lowest BCUT2D eigenvalue weighted by Gasteiger charge is -2.11. The molecule has 0 spiro atoms. The highest BCUT2D eigenvalue weighted by Gasteiger charge is 2.23. The van der Waals surface area contributed by atoms with Crippen molar-refractivity contribution in [3.8, 4) is 0 Å². The average Bonchev–Trinajstić information content (AvgIpc) is 2.85. The number of thiazole rings is 1. The summed E-state index contributed by atoms with van der Waals surface area (Å²) in [6, 6.07) is 0.716. The van der Waals surface area contributed by atoms with Crippen molar-refractivity contribution in [1.29, 1.82) is 0 Å². The summed E-state index contributed by atoms with van der Waals surface area (Å²) >= 11 is 3.88. The Morgan fingerprint density at radius 1 is 1.56 bits per heavy atom. The van der Waals surface area contributed by atoms with Gasteiger partial charge in [0.2, 0.25) is 0 Å². The van der Waals surface area contributed by atoms with Crippen LogP contribution in [0.5, 0.6) is 0 Å². The Morgan fingerprint density at radius 2 is 2.44 bits per heavy atom. The molecule has 0 aliphatic heterocycles. The number of rotatable bonds is 5. The van der Waals surface area contributed by atoms with Crippen LogP contribution in [0.3, 0.4) is 0 Å². The average molecular weight is 256 g/mol. The summed E-state index contributed by atoms with van der Waals surface area (Å²) in [6.45, 7) is 5.26. The predicted molar refractivity (Wildman–Crippen MR) is 73.2 cm³/mol. The molecule has 0 bridgehead atoms. The summed E-state index contributed by atoms with van der Waals surface area (Å²) < 4.78 is 0. The second kappa shape index (κ2) is 6.03. The highest BCUT2D eigenvalue weighted by molar-refractivity contribution is 7.99. The standard InChI is InChI=1S/C12H20N2S2/c1-3-15-11-5-4-10(6-11)13-7-12-14-9(2)8-16-12/h8,10-11,13H,3-7H2,1-2H3. The van der Waals surface area contributed by atoms with Crippen LogP contribution in [0.1, 0.15) is 36.9 Å². The molecular weight excluding hydrogens is 236 g/mol. The third kappa shape index (κ3) is 3.47. The number of aryl methyl sites for hydroxylation is 1. The molecule has 2 rings (SSSR count). The Kier molecular flexibility index (Phi) is 4.67. The zero-order chi connectivity index (χ0) is 11.4. The van der Waals surface area contributed by atoms with E-state index in [1.165, 1.54) is 30.0 Å². The second-order valence-electron chi connectivity index (χ2n) is 4.35. The molecule has 2 unspecified atom stereocenters. The first-order chi connectivity index (χ1) is 7.78. The summed E-state index contributed by atoms with van der Waals surface area (Å²) in [5, 5.41) is 7.88. The van der Waals surface area contributed by atoms with Crippen LogP contribution in [0.15, 0.2) is 5.38 Å². The minimum atomic E-state index is 0.716. The van der Waals surface area contributed by atoms with Crippen LogP contribution in [0.4, 0.5) is 0 Å². The summed E-state index contributed by atoms with van der Waals surface area (Å²) in [7, 11) is 0. The molecule has 2 atom stereocenters. The number of hydrogen-bond acceptors (Lipinski definition) is 4. The molecule has 1 aliphatic rings. The molecule has 1 saturated carbocycles. The van der Waals surface area contributed by atoms with Crippen LogP contribution in [-0.4, -0.2) is 22.0 Å². The van der Waals surface area contributed by atoms with Gasteiger partial charge in [-0.25, -0.2) is 4.98 Å². The quantitative estimate of drug-likeness (QED) is 0.875. The Balaban J connectivity index is 1.71. The third-order valence-corrected chi connectivity index (χ3v) is 5.19. The fourth-order valence-electron chi connectivity index (χ4n) is 2.23. The largest absolute Gasteiger partial charge is 0.308 e. The molecule has 16 heavy (non-hydrogen) atoms. The van der Waals surface area contributed by atoms with Gasteiger partial charge in [-0.05, 0) is 31.9 Å². The molecule has 2 nitrogen and oxygen atoms in total. The Morgan fingerprint density at radius 3 is 3.12 bits per heavy atom. The highest BCUT2D eigenvalue weighted by Crippen LogP contribution is 2.29. The first-order valence-electron chi connectivity index (χ1n) is 6.04. The zero-order valence-corrected chi connectivity index (χ0v) is 11.7. The molecule has 1 N–H and O–H groups in total. The Bertz CT molecular complexity index is 325. The van der Waals surface area contributed by atoms with E-state index in [4.69, 9.17) is 0 Å². The fourth-order valence-corrected chi connectivity index (χ4v) is 4.09. The molecule has 0 radical (unpaired) electrons. The van der Waals surface area contributed by atoms with Crippen molar-refractivity contribution >= 4 is 23.1 Å². The van der Waals surface area contributed by atoms with E-state index >= 15 is 0 Å². The molecule has 0 aromatic carbocycles. The summed E-state index contributed by atoms with van der Waals surface area (Å²) in [5.74, 6) is 1.25. The Labute approximate surface area is 106 Å². The van der Waals surface area contributed by atoms with E-state index in [-0.39, 0.29) is 0 Å². The number of hydrogen-bond donors (Lipinski definition) is 1. The molecule has 4 heteroatoms. The topological polar surface area (TPSA) is 24.9 Å². The molecule has 90 valence electrons. The number of aromatic nitrogens is 1. The van der Waals surface area contributed by atoms with Gasteiger partial charge in [-0.3, -0.25) is 0 Å². The summed E-state index contributed by atoms with van der Waals surface area (Å²) in [5.41, 5.74) is 1.15. The lowest BCUT2D eigenvalue weighted by Crippen LogP contribution is -2.26. The smallest absolute Gasteiger partial charge is 0.107 e. The van der Waals surface area contributed by atoms with Gasteiger partial charge < -0.3 is 5.32 Å². The number of nitrogens with one attached hydrogen (secondary N) is 1. The molecule has 1 fully saturated rings. The maximum Gasteiger partial charge on any atom is 0.107 e. The second-order valence-corrected chi connectivity index (χ2v) is 6.87. The molecule has 1 aliphatic carbocycles. The number of nitrogens with zero attached hydrogens (tertiary/aromatic N) is 1. The van der Waals surface area contributed by atoms with Gasteiger partial charge in [0.1, 0.15) is 5.01 Å². The maximum atomic E-state index is 4.48. The van der Waals surface area contributed by atoms with E-state index in [0.29, 0.717) is 6.04 Å². The minimum Gasteiger partial charge on any atom is -0.308 e. The zero-order valence-electron chi connectivity index (χ0n) is 10.0. The van der Waals surface area contributed by atoms with Crippen molar-refractivity contribution in [2.45, 2.75) is 50.9 Å². The number of thioether (sulfide) groups is 1. The van der Waals surface area contributed by atoms with Gasteiger partial charge in [0.15, 0.2) is 0 Å².